The van der Waals surface area contributed by atoms with E-state index in [-0.39, 0.29) is 0 Å². The predicted molar refractivity (Wildman–Crippen MR) is 103 cm³/mol. The second kappa shape index (κ2) is 7.30. The molecule has 132 valence electrons. The van der Waals surface area contributed by atoms with Crippen LogP contribution >= 0.6 is 11.3 Å². The van der Waals surface area contributed by atoms with E-state index in [0.717, 1.165) is 32.6 Å². The predicted octanol–water partition coefficient (Wildman–Crippen LogP) is 4.17. The highest BCUT2D eigenvalue weighted by Crippen LogP contribution is 2.32. The van der Waals surface area contributed by atoms with Crippen LogP contribution in [0.5, 0.6) is 0 Å². The zero-order chi connectivity index (χ0) is 17.2. The molecule has 0 saturated carbocycles. The van der Waals surface area contributed by atoms with E-state index in [1.165, 1.54) is 34.4 Å². The average Bonchev–Trinajstić information content (AvgIpc) is 3.28. The Balaban J connectivity index is 1.34. The van der Waals surface area contributed by atoms with Gasteiger partial charge < -0.3 is 4.90 Å². The first-order chi connectivity index (χ1) is 12.2. The molecule has 1 amide bonds. The Bertz CT molecular complexity index is 737. The number of carbonyl (C=O) groups is 1. The molecule has 1 saturated heterocycles. The third-order valence-corrected chi connectivity index (χ3v) is 6.62. The van der Waals surface area contributed by atoms with Gasteiger partial charge in [-0.2, -0.15) is 0 Å². The first-order valence-corrected chi connectivity index (χ1v) is 10.2. The number of likely N-dealkylation sites (tertiary alicyclic amines) is 1. The van der Waals surface area contributed by atoms with E-state index in [4.69, 9.17) is 0 Å². The molecule has 0 aliphatic carbocycles. The van der Waals surface area contributed by atoms with Gasteiger partial charge in [-0.15, -0.1) is 11.3 Å². The van der Waals surface area contributed by atoms with Crippen molar-refractivity contribution < 1.29 is 4.79 Å². The van der Waals surface area contributed by atoms with Gasteiger partial charge in [0.1, 0.15) is 0 Å². The number of hydrogen-bond donors (Lipinski definition) is 0. The third-order valence-electron chi connectivity index (χ3n) is 5.60. The molecule has 2 aliphatic heterocycles. The van der Waals surface area contributed by atoms with Gasteiger partial charge in [0.05, 0.1) is 0 Å². The zero-order valence-electron chi connectivity index (χ0n) is 14.9. The van der Waals surface area contributed by atoms with Crippen LogP contribution in [0.15, 0.2) is 35.7 Å². The van der Waals surface area contributed by atoms with Crippen molar-refractivity contribution in [3.05, 3.63) is 57.3 Å². The highest BCUT2D eigenvalue weighted by molar-refractivity contribution is 7.10. The minimum atomic E-state index is 0.311. The van der Waals surface area contributed by atoms with Crippen LogP contribution in [0.3, 0.4) is 0 Å². The van der Waals surface area contributed by atoms with E-state index >= 15 is 0 Å². The molecule has 4 rings (SSSR count). The molecule has 1 aromatic carbocycles. The van der Waals surface area contributed by atoms with Gasteiger partial charge in [-0.1, -0.05) is 29.8 Å². The van der Waals surface area contributed by atoms with Crippen LogP contribution in [0.1, 0.15) is 46.9 Å². The van der Waals surface area contributed by atoms with Gasteiger partial charge in [0, 0.05) is 37.0 Å². The summed E-state index contributed by atoms with van der Waals surface area (Å²) in [4.78, 5) is 18.7. The number of fused-ring (bicyclic) bond motifs is 1. The second-order valence-electron chi connectivity index (χ2n) is 7.29. The van der Waals surface area contributed by atoms with Gasteiger partial charge in [0.25, 0.3) is 0 Å². The van der Waals surface area contributed by atoms with Crippen LogP contribution < -0.4 is 0 Å². The number of thiophene rings is 1. The van der Waals surface area contributed by atoms with Crippen LogP contribution in [0.25, 0.3) is 0 Å². The van der Waals surface area contributed by atoms with Gasteiger partial charge in [-0.25, -0.2) is 0 Å². The number of benzene rings is 1. The second-order valence-corrected chi connectivity index (χ2v) is 8.29. The molecule has 1 unspecified atom stereocenters. The maximum absolute atomic E-state index is 12.7. The Labute approximate surface area is 154 Å². The molecule has 3 nitrogen and oxygen atoms in total. The molecular formula is C21H26N2OS. The van der Waals surface area contributed by atoms with Crippen molar-refractivity contribution in [2.75, 3.05) is 19.6 Å². The van der Waals surface area contributed by atoms with Crippen LogP contribution in [0, 0.1) is 6.92 Å². The van der Waals surface area contributed by atoms with Crippen molar-refractivity contribution in [1.29, 1.82) is 0 Å². The molecular weight excluding hydrogens is 328 g/mol. The normalized spacial score (nSPS) is 20.7. The summed E-state index contributed by atoms with van der Waals surface area (Å²) < 4.78 is 0. The SMILES string of the molecule is Cc1ccc(C2CCCN2CCC(=O)N2CCc3sccc3C2)cc1. The number of hydrogen-bond acceptors (Lipinski definition) is 3. The first-order valence-electron chi connectivity index (χ1n) is 9.34. The number of nitrogens with zero attached hydrogens (tertiary/aromatic N) is 2. The summed E-state index contributed by atoms with van der Waals surface area (Å²) in [6, 6.07) is 11.6. The van der Waals surface area contributed by atoms with Gasteiger partial charge in [-0.05, 0) is 55.3 Å². The fraction of sp³-hybridized carbons (Fsp3) is 0.476. The Morgan fingerprint density at radius 2 is 2.04 bits per heavy atom. The summed E-state index contributed by atoms with van der Waals surface area (Å²) in [5, 5.41) is 2.15. The van der Waals surface area contributed by atoms with E-state index in [0.29, 0.717) is 18.4 Å². The third kappa shape index (κ3) is 3.65. The maximum Gasteiger partial charge on any atom is 0.224 e. The number of aryl methyl sites for hydroxylation is 1. The monoisotopic (exact) mass is 354 g/mol. The van der Waals surface area contributed by atoms with Crippen molar-refractivity contribution >= 4 is 17.2 Å². The number of amides is 1. The smallest absolute Gasteiger partial charge is 0.224 e. The summed E-state index contributed by atoms with van der Waals surface area (Å²) in [5.41, 5.74) is 4.06. The first kappa shape index (κ1) is 16.8. The molecule has 0 radical (unpaired) electrons. The standard InChI is InChI=1S/C21H26N2OS/c1-16-4-6-17(7-5-16)19-3-2-11-22(19)13-9-21(24)23-12-8-20-18(15-23)10-14-25-20/h4-7,10,14,19H,2-3,8-9,11-13,15H2,1H3. The fourth-order valence-corrected chi connectivity index (χ4v) is 5.01. The Morgan fingerprint density at radius 1 is 1.20 bits per heavy atom. The highest BCUT2D eigenvalue weighted by atomic mass is 32.1. The van der Waals surface area contributed by atoms with E-state index in [2.05, 4.69) is 47.5 Å². The minimum Gasteiger partial charge on any atom is -0.338 e. The van der Waals surface area contributed by atoms with Crippen LogP contribution in [0.4, 0.5) is 0 Å². The lowest BCUT2D eigenvalue weighted by atomic mass is 10.0. The largest absolute Gasteiger partial charge is 0.338 e. The highest BCUT2D eigenvalue weighted by Gasteiger charge is 2.27. The molecule has 1 atom stereocenters. The molecule has 4 heteroatoms. The van der Waals surface area contributed by atoms with Crippen LogP contribution in [-0.4, -0.2) is 35.3 Å². The average molecular weight is 355 g/mol. The van der Waals surface area contributed by atoms with Crippen molar-refractivity contribution in [2.24, 2.45) is 0 Å². The van der Waals surface area contributed by atoms with Crippen LogP contribution in [0.2, 0.25) is 0 Å². The van der Waals surface area contributed by atoms with E-state index < -0.39 is 0 Å². The Kier molecular flexibility index (Phi) is 4.91. The lowest BCUT2D eigenvalue weighted by molar-refractivity contribution is -0.132. The van der Waals surface area contributed by atoms with E-state index in [9.17, 15) is 4.79 Å². The number of carbonyl (C=O) groups excluding carboxylic acids is 1. The van der Waals surface area contributed by atoms with Gasteiger partial charge in [0.15, 0.2) is 0 Å². The van der Waals surface area contributed by atoms with Crippen molar-refractivity contribution in [3.8, 4) is 0 Å². The minimum absolute atomic E-state index is 0.311. The molecule has 2 aliphatic rings. The van der Waals surface area contributed by atoms with Gasteiger partial charge in [-0.3, -0.25) is 9.69 Å². The topological polar surface area (TPSA) is 23.6 Å². The Hall–Kier alpha value is -1.65. The summed E-state index contributed by atoms with van der Waals surface area (Å²) in [6.45, 7) is 5.81. The Morgan fingerprint density at radius 3 is 2.88 bits per heavy atom. The van der Waals surface area contributed by atoms with E-state index in [1.54, 1.807) is 0 Å². The van der Waals surface area contributed by atoms with Crippen molar-refractivity contribution in [2.45, 2.75) is 45.2 Å². The molecule has 1 aromatic heterocycles. The summed E-state index contributed by atoms with van der Waals surface area (Å²) in [5.74, 6) is 0.311. The van der Waals surface area contributed by atoms with E-state index in [1.807, 2.05) is 16.2 Å². The van der Waals surface area contributed by atoms with Crippen molar-refractivity contribution in [1.82, 2.24) is 9.80 Å². The molecule has 0 spiro atoms. The lowest BCUT2D eigenvalue weighted by Crippen LogP contribution is -2.37. The quantitative estimate of drug-likeness (QED) is 0.823. The molecule has 1 fully saturated rings. The molecule has 25 heavy (non-hydrogen) atoms. The zero-order valence-corrected chi connectivity index (χ0v) is 15.7. The fourth-order valence-electron chi connectivity index (χ4n) is 4.12. The molecule has 0 bridgehead atoms. The lowest BCUT2D eigenvalue weighted by Gasteiger charge is -2.29. The number of rotatable bonds is 4. The summed E-state index contributed by atoms with van der Waals surface area (Å²) in [6.07, 6.45) is 4.10. The summed E-state index contributed by atoms with van der Waals surface area (Å²) in [7, 11) is 0. The molecule has 3 heterocycles. The van der Waals surface area contributed by atoms with Gasteiger partial charge >= 0.3 is 0 Å². The molecule has 2 aromatic rings. The summed E-state index contributed by atoms with van der Waals surface area (Å²) >= 11 is 1.83. The molecule has 0 N–H and O–H groups in total. The van der Waals surface area contributed by atoms with Gasteiger partial charge in [0.2, 0.25) is 5.91 Å². The van der Waals surface area contributed by atoms with Crippen molar-refractivity contribution in [3.63, 3.8) is 0 Å². The van der Waals surface area contributed by atoms with Crippen LogP contribution in [-0.2, 0) is 17.8 Å². The maximum atomic E-state index is 12.7.